The highest BCUT2D eigenvalue weighted by atomic mass is 16.5. The molecule has 0 bridgehead atoms. The highest BCUT2D eigenvalue weighted by molar-refractivity contribution is 5.97. The van der Waals surface area contributed by atoms with Crippen molar-refractivity contribution in [2.75, 3.05) is 5.32 Å². The summed E-state index contributed by atoms with van der Waals surface area (Å²) in [5, 5.41) is 16.1. The maximum absolute atomic E-state index is 12.1. The van der Waals surface area contributed by atoms with Crippen molar-refractivity contribution in [1.82, 2.24) is 9.78 Å². The number of carbonyl (C=O) groups excluding carboxylic acids is 2. The molecule has 2 aromatic rings. The molecule has 0 aliphatic rings. The standard InChI is InChI=1S/C16H19N3O4/c1-10(2)19-14(7-8-17-19)18-15(21)11(3)23-16(22)12-5-4-6-13(20)9-12/h4-11,20H,1-3H3,(H,18,21)/t11-/m1/s1. The van der Waals surface area contributed by atoms with E-state index >= 15 is 0 Å². The van der Waals surface area contributed by atoms with Crippen LogP contribution in [-0.2, 0) is 9.53 Å². The topological polar surface area (TPSA) is 93.5 Å². The van der Waals surface area contributed by atoms with Gasteiger partial charge < -0.3 is 15.2 Å². The third-order valence-electron chi connectivity index (χ3n) is 3.15. The summed E-state index contributed by atoms with van der Waals surface area (Å²) in [4.78, 5) is 24.1. The van der Waals surface area contributed by atoms with Crippen LogP contribution in [0.15, 0.2) is 36.5 Å². The van der Waals surface area contributed by atoms with Crippen molar-refractivity contribution in [3.05, 3.63) is 42.1 Å². The second kappa shape index (κ2) is 6.95. The van der Waals surface area contributed by atoms with Crippen molar-refractivity contribution in [3.63, 3.8) is 0 Å². The van der Waals surface area contributed by atoms with Crippen LogP contribution in [0, 0.1) is 0 Å². The first-order valence-electron chi connectivity index (χ1n) is 7.23. The Morgan fingerprint density at radius 2 is 2.00 bits per heavy atom. The quantitative estimate of drug-likeness (QED) is 0.826. The number of hydrogen-bond donors (Lipinski definition) is 2. The van der Waals surface area contributed by atoms with Crippen LogP contribution in [0.3, 0.4) is 0 Å². The normalized spacial score (nSPS) is 12.0. The molecule has 2 rings (SSSR count). The first-order valence-corrected chi connectivity index (χ1v) is 7.23. The minimum atomic E-state index is -0.986. The van der Waals surface area contributed by atoms with Crippen LogP contribution in [0.1, 0.15) is 37.2 Å². The Balaban J connectivity index is 2.00. The molecule has 23 heavy (non-hydrogen) atoms. The maximum Gasteiger partial charge on any atom is 0.339 e. The molecule has 0 spiro atoms. The van der Waals surface area contributed by atoms with Gasteiger partial charge >= 0.3 is 5.97 Å². The van der Waals surface area contributed by atoms with E-state index in [2.05, 4.69) is 10.4 Å². The Morgan fingerprint density at radius 1 is 1.26 bits per heavy atom. The van der Waals surface area contributed by atoms with Gasteiger partial charge in [0, 0.05) is 12.1 Å². The third kappa shape index (κ3) is 4.09. The van der Waals surface area contributed by atoms with Crippen molar-refractivity contribution in [1.29, 1.82) is 0 Å². The number of benzene rings is 1. The number of rotatable bonds is 5. The lowest BCUT2D eigenvalue weighted by molar-refractivity contribution is -0.123. The summed E-state index contributed by atoms with van der Waals surface area (Å²) in [5.74, 6) is -0.649. The van der Waals surface area contributed by atoms with Crippen molar-refractivity contribution < 1.29 is 19.4 Å². The van der Waals surface area contributed by atoms with E-state index in [-0.39, 0.29) is 17.4 Å². The molecule has 0 radical (unpaired) electrons. The summed E-state index contributed by atoms with van der Waals surface area (Å²) in [7, 11) is 0. The van der Waals surface area contributed by atoms with Crippen molar-refractivity contribution in [3.8, 4) is 5.75 Å². The van der Waals surface area contributed by atoms with Gasteiger partial charge in [0.2, 0.25) is 0 Å². The van der Waals surface area contributed by atoms with Crippen LogP contribution >= 0.6 is 0 Å². The van der Waals surface area contributed by atoms with Gasteiger partial charge in [0.1, 0.15) is 11.6 Å². The zero-order valence-corrected chi connectivity index (χ0v) is 13.2. The highest BCUT2D eigenvalue weighted by Gasteiger charge is 2.20. The van der Waals surface area contributed by atoms with E-state index < -0.39 is 18.0 Å². The van der Waals surface area contributed by atoms with Crippen molar-refractivity contribution >= 4 is 17.7 Å². The minimum Gasteiger partial charge on any atom is -0.508 e. The van der Waals surface area contributed by atoms with Crippen LogP contribution in [0.5, 0.6) is 5.75 Å². The second-order valence-electron chi connectivity index (χ2n) is 5.34. The molecule has 1 amide bonds. The molecule has 1 heterocycles. The largest absolute Gasteiger partial charge is 0.508 e. The first-order chi connectivity index (χ1) is 10.9. The van der Waals surface area contributed by atoms with Crippen LogP contribution in [-0.4, -0.2) is 32.9 Å². The number of anilines is 1. The summed E-state index contributed by atoms with van der Waals surface area (Å²) in [5.41, 5.74) is 0.178. The average Bonchev–Trinajstić information content (AvgIpc) is 2.95. The van der Waals surface area contributed by atoms with Gasteiger partial charge in [-0.2, -0.15) is 5.10 Å². The van der Waals surface area contributed by atoms with Crippen LogP contribution in [0.2, 0.25) is 0 Å². The van der Waals surface area contributed by atoms with Gasteiger partial charge in [-0.3, -0.25) is 4.79 Å². The number of nitrogens with one attached hydrogen (secondary N) is 1. The molecule has 7 nitrogen and oxygen atoms in total. The SMILES string of the molecule is CC(C)n1nccc1NC(=O)[C@@H](C)OC(=O)c1cccc(O)c1. The molecule has 7 heteroatoms. The van der Waals surface area contributed by atoms with Crippen LogP contribution in [0.25, 0.3) is 0 Å². The number of aromatic nitrogens is 2. The number of aromatic hydroxyl groups is 1. The number of esters is 1. The van der Waals surface area contributed by atoms with E-state index in [1.165, 1.54) is 31.2 Å². The lowest BCUT2D eigenvalue weighted by Gasteiger charge is -2.15. The third-order valence-corrected chi connectivity index (χ3v) is 3.15. The van der Waals surface area contributed by atoms with E-state index in [1.807, 2.05) is 13.8 Å². The number of phenols is 1. The molecule has 0 fully saturated rings. The van der Waals surface area contributed by atoms with E-state index in [9.17, 15) is 14.7 Å². The van der Waals surface area contributed by atoms with E-state index in [0.717, 1.165) is 0 Å². The van der Waals surface area contributed by atoms with Crippen molar-refractivity contribution in [2.24, 2.45) is 0 Å². The second-order valence-corrected chi connectivity index (χ2v) is 5.34. The fraction of sp³-hybridized carbons (Fsp3) is 0.312. The smallest absolute Gasteiger partial charge is 0.339 e. The van der Waals surface area contributed by atoms with Gasteiger partial charge in [-0.1, -0.05) is 6.07 Å². The van der Waals surface area contributed by atoms with Gasteiger partial charge in [0.25, 0.3) is 5.91 Å². The van der Waals surface area contributed by atoms with E-state index in [4.69, 9.17) is 4.74 Å². The lowest BCUT2D eigenvalue weighted by Crippen LogP contribution is -2.31. The fourth-order valence-electron chi connectivity index (χ4n) is 1.97. The number of nitrogens with zero attached hydrogens (tertiary/aromatic N) is 2. The van der Waals surface area contributed by atoms with Gasteiger partial charge in [-0.15, -0.1) is 0 Å². The van der Waals surface area contributed by atoms with Gasteiger partial charge in [-0.25, -0.2) is 9.48 Å². The van der Waals surface area contributed by atoms with E-state index in [0.29, 0.717) is 5.82 Å². The molecule has 1 aromatic heterocycles. The first kappa shape index (κ1) is 16.5. The molecule has 0 unspecified atom stereocenters. The molecule has 0 aliphatic heterocycles. The summed E-state index contributed by atoms with van der Waals surface area (Å²) >= 11 is 0. The summed E-state index contributed by atoms with van der Waals surface area (Å²) in [6.45, 7) is 5.36. The molecule has 2 N–H and O–H groups in total. The van der Waals surface area contributed by atoms with Gasteiger partial charge in [0.05, 0.1) is 11.8 Å². The Bertz CT molecular complexity index is 709. The van der Waals surface area contributed by atoms with Gasteiger partial charge in [0.15, 0.2) is 6.10 Å². The number of ether oxygens (including phenoxy) is 1. The lowest BCUT2D eigenvalue weighted by atomic mass is 10.2. The zero-order chi connectivity index (χ0) is 17.0. The summed E-state index contributed by atoms with van der Waals surface area (Å²) in [6.07, 6.45) is 0.597. The molecular weight excluding hydrogens is 298 g/mol. The summed E-state index contributed by atoms with van der Waals surface area (Å²) in [6, 6.07) is 7.51. The van der Waals surface area contributed by atoms with Crippen molar-refractivity contribution in [2.45, 2.75) is 32.9 Å². The minimum absolute atomic E-state index is 0.0441. The van der Waals surface area contributed by atoms with Crippen LogP contribution in [0.4, 0.5) is 5.82 Å². The predicted molar refractivity (Wildman–Crippen MR) is 84.2 cm³/mol. The highest BCUT2D eigenvalue weighted by Crippen LogP contribution is 2.15. The Labute approximate surface area is 133 Å². The number of amides is 1. The Hall–Kier alpha value is -2.83. The monoisotopic (exact) mass is 317 g/mol. The maximum atomic E-state index is 12.1. The van der Waals surface area contributed by atoms with Gasteiger partial charge in [-0.05, 0) is 39.0 Å². The van der Waals surface area contributed by atoms with Crippen LogP contribution < -0.4 is 5.32 Å². The predicted octanol–water partition coefficient (Wildman–Crippen LogP) is 2.35. The number of hydrogen-bond acceptors (Lipinski definition) is 5. The number of phenolic OH excluding ortho intramolecular Hbond substituents is 1. The Kier molecular flexibility index (Phi) is 5.00. The molecule has 122 valence electrons. The molecule has 1 atom stereocenters. The molecular formula is C16H19N3O4. The molecule has 1 aromatic carbocycles. The number of carbonyl (C=O) groups is 2. The average molecular weight is 317 g/mol. The fourth-order valence-corrected chi connectivity index (χ4v) is 1.97. The molecule has 0 saturated carbocycles. The zero-order valence-electron chi connectivity index (χ0n) is 13.2. The Morgan fingerprint density at radius 3 is 2.65 bits per heavy atom. The van der Waals surface area contributed by atoms with E-state index in [1.54, 1.807) is 16.9 Å². The molecule has 0 aliphatic carbocycles. The molecule has 0 saturated heterocycles. The summed E-state index contributed by atoms with van der Waals surface area (Å²) < 4.78 is 6.77.